The minimum atomic E-state index is -0.855. The summed E-state index contributed by atoms with van der Waals surface area (Å²) in [5, 5.41) is 12.1. The fraction of sp³-hybridized carbons (Fsp3) is 0.467. The summed E-state index contributed by atoms with van der Waals surface area (Å²) in [5.41, 5.74) is 5.71. The van der Waals surface area contributed by atoms with Crippen LogP contribution >= 0.6 is 0 Å². The Hall–Kier alpha value is -2.24. The smallest absolute Gasteiger partial charge is 0.241 e. The van der Waals surface area contributed by atoms with E-state index in [1.165, 1.54) is 0 Å². The lowest BCUT2D eigenvalue weighted by Gasteiger charge is -2.42. The molecule has 0 radical (unpaired) electrons. The van der Waals surface area contributed by atoms with Crippen LogP contribution in [-0.2, 0) is 4.79 Å². The van der Waals surface area contributed by atoms with Gasteiger partial charge in [0, 0.05) is 6.54 Å². The van der Waals surface area contributed by atoms with E-state index in [2.05, 4.69) is 5.16 Å². The lowest BCUT2D eigenvalue weighted by Crippen LogP contribution is -2.55. The van der Waals surface area contributed by atoms with Gasteiger partial charge in [-0.05, 0) is 31.4 Å². The Morgan fingerprint density at radius 1 is 1.33 bits per heavy atom. The molecule has 1 saturated carbocycles. The summed E-state index contributed by atoms with van der Waals surface area (Å²) >= 11 is 0. The number of nitrogens with zero attached hydrogens (tertiary/aromatic N) is 2. The molecule has 0 atom stereocenters. The van der Waals surface area contributed by atoms with Crippen LogP contribution < -0.4 is 15.4 Å². The molecule has 1 fully saturated rings. The van der Waals surface area contributed by atoms with Crippen LogP contribution in [0.1, 0.15) is 25.7 Å². The highest BCUT2D eigenvalue weighted by atomic mass is 16.5. The fourth-order valence-electron chi connectivity index (χ4n) is 3.00. The van der Waals surface area contributed by atoms with E-state index in [0.717, 1.165) is 18.5 Å². The summed E-state index contributed by atoms with van der Waals surface area (Å²) in [5.74, 6) is 0.626. The number of anilines is 1. The van der Waals surface area contributed by atoms with Gasteiger partial charge in [0.15, 0.2) is 5.84 Å². The van der Waals surface area contributed by atoms with Crippen LogP contribution in [0.3, 0.4) is 0 Å². The van der Waals surface area contributed by atoms with Crippen LogP contribution in [0.15, 0.2) is 29.4 Å². The first-order valence-corrected chi connectivity index (χ1v) is 7.21. The van der Waals surface area contributed by atoms with Crippen molar-refractivity contribution in [2.75, 3.05) is 18.1 Å². The van der Waals surface area contributed by atoms with Crippen LogP contribution in [-0.4, -0.2) is 30.1 Å². The number of fused-ring (bicyclic) bond motifs is 1. The fourth-order valence-corrected chi connectivity index (χ4v) is 3.00. The average Bonchev–Trinajstić information content (AvgIpc) is 2.68. The Bertz CT molecular complexity index is 581. The van der Waals surface area contributed by atoms with E-state index >= 15 is 0 Å². The maximum Gasteiger partial charge on any atom is 0.241 e. The van der Waals surface area contributed by atoms with Gasteiger partial charge < -0.3 is 20.6 Å². The van der Waals surface area contributed by atoms with Gasteiger partial charge >= 0.3 is 0 Å². The molecule has 1 aliphatic heterocycles. The van der Waals surface area contributed by atoms with Crippen molar-refractivity contribution in [2.45, 2.75) is 25.7 Å². The minimum absolute atomic E-state index is 0.0152. The van der Waals surface area contributed by atoms with Crippen LogP contribution in [0.5, 0.6) is 5.75 Å². The van der Waals surface area contributed by atoms with Crippen LogP contribution in [0.4, 0.5) is 5.69 Å². The monoisotopic (exact) mass is 289 g/mol. The molecule has 0 unspecified atom stereocenters. The Morgan fingerprint density at radius 2 is 2.10 bits per heavy atom. The van der Waals surface area contributed by atoms with Gasteiger partial charge in [-0.15, -0.1) is 0 Å². The van der Waals surface area contributed by atoms with Gasteiger partial charge in [-0.25, -0.2) is 0 Å². The van der Waals surface area contributed by atoms with Crippen molar-refractivity contribution >= 4 is 17.4 Å². The number of nitrogens with two attached hydrogens (primary N) is 1. The van der Waals surface area contributed by atoms with Crippen LogP contribution in [0.25, 0.3) is 0 Å². The van der Waals surface area contributed by atoms with Gasteiger partial charge in [0.05, 0.1) is 12.3 Å². The van der Waals surface area contributed by atoms with Gasteiger partial charge in [0.1, 0.15) is 11.2 Å². The second-order valence-electron chi connectivity index (χ2n) is 5.55. The SMILES string of the molecule is N/C(=N/O)C1(C(=O)N2CCCOc3ccccc32)CCC1. The molecule has 1 aromatic carbocycles. The maximum atomic E-state index is 13.0. The molecule has 21 heavy (non-hydrogen) atoms. The molecular weight excluding hydrogens is 270 g/mol. The van der Waals surface area contributed by atoms with Gasteiger partial charge in [-0.1, -0.05) is 23.7 Å². The number of amidine groups is 1. The molecule has 1 aliphatic carbocycles. The Morgan fingerprint density at radius 3 is 2.76 bits per heavy atom. The predicted octanol–water partition coefficient (Wildman–Crippen LogP) is 1.72. The Balaban J connectivity index is 1.98. The van der Waals surface area contributed by atoms with E-state index in [1.807, 2.05) is 24.3 Å². The number of hydrogen-bond acceptors (Lipinski definition) is 4. The normalized spacial score (nSPS) is 20.8. The molecule has 0 bridgehead atoms. The number of hydrogen-bond donors (Lipinski definition) is 2. The number of carbonyl (C=O) groups is 1. The van der Waals surface area contributed by atoms with E-state index in [9.17, 15) is 4.79 Å². The van der Waals surface area contributed by atoms with E-state index in [0.29, 0.717) is 31.7 Å². The lowest BCUT2D eigenvalue weighted by molar-refractivity contribution is -0.128. The van der Waals surface area contributed by atoms with Crippen molar-refractivity contribution < 1.29 is 14.7 Å². The first kappa shape index (κ1) is 13.7. The number of rotatable bonds is 2. The zero-order valence-corrected chi connectivity index (χ0v) is 11.8. The number of carbonyl (C=O) groups excluding carboxylic acids is 1. The second-order valence-corrected chi connectivity index (χ2v) is 5.55. The molecule has 0 spiro atoms. The van der Waals surface area contributed by atoms with Crippen LogP contribution in [0, 0.1) is 5.41 Å². The van der Waals surface area contributed by atoms with Crippen LogP contribution in [0.2, 0.25) is 0 Å². The van der Waals surface area contributed by atoms with Crippen molar-refractivity contribution in [2.24, 2.45) is 16.3 Å². The largest absolute Gasteiger partial charge is 0.491 e. The molecule has 0 aromatic heterocycles. The molecule has 2 aliphatic rings. The minimum Gasteiger partial charge on any atom is -0.491 e. The molecule has 3 N–H and O–H groups in total. The lowest BCUT2D eigenvalue weighted by atomic mass is 9.66. The zero-order valence-electron chi connectivity index (χ0n) is 11.8. The number of para-hydroxylation sites is 2. The van der Waals surface area contributed by atoms with Gasteiger partial charge in [-0.3, -0.25) is 4.79 Å². The summed E-state index contributed by atoms with van der Waals surface area (Å²) in [7, 11) is 0. The number of ether oxygens (including phenoxy) is 1. The van der Waals surface area contributed by atoms with E-state index in [-0.39, 0.29) is 11.7 Å². The maximum absolute atomic E-state index is 13.0. The van der Waals surface area contributed by atoms with Crippen molar-refractivity contribution in [1.82, 2.24) is 0 Å². The summed E-state index contributed by atoms with van der Waals surface area (Å²) in [6.07, 6.45) is 2.92. The summed E-state index contributed by atoms with van der Waals surface area (Å²) in [6, 6.07) is 7.50. The third-order valence-electron chi connectivity index (χ3n) is 4.40. The van der Waals surface area contributed by atoms with Gasteiger partial charge in [-0.2, -0.15) is 0 Å². The number of benzene rings is 1. The summed E-state index contributed by atoms with van der Waals surface area (Å²) < 4.78 is 5.68. The Kier molecular flexibility index (Phi) is 3.45. The first-order chi connectivity index (χ1) is 10.2. The predicted molar refractivity (Wildman–Crippen MR) is 78.6 cm³/mol. The quantitative estimate of drug-likeness (QED) is 0.375. The number of oxime groups is 1. The summed E-state index contributed by atoms with van der Waals surface area (Å²) in [4.78, 5) is 14.7. The number of amides is 1. The molecule has 3 rings (SSSR count). The summed E-state index contributed by atoms with van der Waals surface area (Å²) in [6.45, 7) is 1.16. The Labute approximate surface area is 123 Å². The third-order valence-corrected chi connectivity index (χ3v) is 4.40. The van der Waals surface area contributed by atoms with E-state index in [1.54, 1.807) is 4.90 Å². The molecule has 1 aromatic rings. The molecule has 1 heterocycles. The molecule has 6 nitrogen and oxygen atoms in total. The van der Waals surface area contributed by atoms with Crippen molar-refractivity contribution in [3.63, 3.8) is 0 Å². The zero-order chi connectivity index (χ0) is 14.9. The van der Waals surface area contributed by atoms with E-state index in [4.69, 9.17) is 15.7 Å². The van der Waals surface area contributed by atoms with Crippen molar-refractivity contribution in [3.8, 4) is 5.75 Å². The highest BCUT2D eigenvalue weighted by Crippen LogP contribution is 2.45. The first-order valence-electron chi connectivity index (χ1n) is 7.21. The molecule has 0 saturated heterocycles. The topological polar surface area (TPSA) is 88.2 Å². The van der Waals surface area contributed by atoms with Gasteiger partial charge in [0.2, 0.25) is 5.91 Å². The van der Waals surface area contributed by atoms with Gasteiger partial charge in [0.25, 0.3) is 0 Å². The molecule has 112 valence electrons. The second kappa shape index (κ2) is 5.27. The highest BCUT2D eigenvalue weighted by Gasteiger charge is 2.51. The molecular formula is C15H19N3O3. The van der Waals surface area contributed by atoms with Crippen molar-refractivity contribution in [3.05, 3.63) is 24.3 Å². The third kappa shape index (κ3) is 2.11. The average molecular weight is 289 g/mol. The highest BCUT2D eigenvalue weighted by molar-refractivity contribution is 6.14. The standard InChI is InChI=1S/C15H19N3O3/c16-13(17-20)15(7-3-8-15)14(19)18-9-4-10-21-12-6-2-1-5-11(12)18/h1-2,5-6,20H,3-4,7-10H2,(H2,16,17). The van der Waals surface area contributed by atoms with E-state index < -0.39 is 5.41 Å². The molecule has 1 amide bonds. The van der Waals surface area contributed by atoms with Crippen molar-refractivity contribution in [1.29, 1.82) is 0 Å². The molecule has 6 heteroatoms.